The van der Waals surface area contributed by atoms with Gasteiger partial charge in [-0.2, -0.15) is 0 Å². The third kappa shape index (κ3) is 5.13. The largest absolute Gasteiger partial charge is 0.744 e. The number of hydrogen-bond acceptors (Lipinski definition) is 10. The molecule has 0 aliphatic heterocycles. The molecule has 0 bridgehead atoms. The molecule has 0 aliphatic carbocycles. The van der Waals surface area contributed by atoms with Gasteiger partial charge in [0.25, 0.3) is 0 Å². The molecule has 0 spiro atoms. The Bertz CT molecular complexity index is 1580. The number of rotatable bonds is 5. The van der Waals surface area contributed by atoms with Gasteiger partial charge in [0.1, 0.15) is 20.2 Å². The van der Waals surface area contributed by atoms with E-state index in [1.165, 1.54) is 46.9 Å². The van der Waals surface area contributed by atoms with Gasteiger partial charge in [-0.3, -0.25) is 0 Å². The summed E-state index contributed by atoms with van der Waals surface area (Å²) in [5.41, 5.74) is 1.45. The number of quaternary nitrogens is 2. The summed E-state index contributed by atoms with van der Waals surface area (Å²) in [7, 11) is -9.14. The number of hydrogen-bond donors (Lipinski definition) is 2. The van der Waals surface area contributed by atoms with Gasteiger partial charge in [-0.25, -0.2) is 16.8 Å². The predicted molar refractivity (Wildman–Crippen MR) is 130 cm³/mol. The van der Waals surface area contributed by atoms with Crippen LogP contribution in [0.4, 0.5) is 0 Å². The zero-order valence-electron chi connectivity index (χ0n) is 18.7. The SMILES string of the molecule is CCn1c(=N/N=c2/sc3cc(S(=O)(=O)[O-])ccc3n2CC)sc2cc(S(=O)(=O)[O-])ccc21.[NH4+].[NH4+]. The first-order valence-corrected chi connectivity index (χ1v) is 13.7. The summed E-state index contributed by atoms with van der Waals surface area (Å²) in [4.78, 5) is 0.391. The summed E-state index contributed by atoms with van der Waals surface area (Å²) >= 11 is 2.40. The van der Waals surface area contributed by atoms with Gasteiger partial charge >= 0.3 is 0 Å². The molecule has 0 saturated heterocycles. The normalized spacial score (nSPS) is 13.3. The first-order valence-electron chi connectivity index (χ1n) is 9.29. The van der Waals surface area contributed by atoms with Crippen LogP contribution in [0.25, 0.3) is 20.4 Å². The number of aromatic nitrogens is 2. The minimum Gasteiger partial charge on any atom is -0.744 e. The van der Waals surface area contributed by atoms with Crippen LogP contribution in [0.5, 0.6) is 0 Å². The van der Waals surface area contributed by atoms with Gasteiger partial charge in [-0.15, -0.1) is 10.2 Å². The van der Waals surface area contributed by atoms with E-state index in [1.54, 1.807) is 12.1 Å². The maximum absolute atomic E-state index is 11.3. The van der Waals surface area contributed by atoms with E-state index < -0.39 is 20.2 Å². The average molecular weight is 549 g/mol. The molecule has 0 amide bonds. The van der Waals surface area contributed by atoms with Gasteiger partial charge in [-0.05, 0) is 50.2 Å². The Morgan fingerprint density at radius 2 is 1.09 bits per heavy atom. The Balaban J connectivity index is 0.00000204. The standard InChI is InChI=1S/C18H18N4O6S4.2H3N/c1-3-21-13-7-5-11(31(23,24)25)9-15(13)29-17(21)19-20-18-22(4-2)14-8-6-12(32(26,27)28)10-16(14)30-18;;/h5-10H,3-4H2,1-2H3,(H,23,24,25)(H,26,27,28);2*1H3/b19-17+,20-18?;;. The summed E-state index contributed by atoms with van der Waals surface area (Å²) in [5.74, 6) is 0. The van der Waals surface area contributed by atoms with Crippen LogP contribution in [-0.2, 0) is 33.3 Å². The third-order valence-corrected chi connectivity index (χ3v) is 8.46. The number of fused-ring (bicyclic) bond motifs is 2. The Morgan fingerprint density at radius 3 is 1.38 bits per heavy atom. The van der Waals surface area contributed by atoms with E-state index in [0.29, 0.717) is 32.1 Å². The zero-order valence-corrected chi connectivity index (χ0v) is 22.0. The van der Waals surface area contributed by atoms with Crippen molar-refractivity contribution in [2.24, 2.45) is 10.2 Å². The fourth-order valence-electron chi connectivity index (χ4n) is 3.27. The summed E-state index contributed by atoms with van der Waals surface area (Å²) < 4.78 is 72.9. The Labute approximate surface area is 203 Å². The van der Waals surface area contributed by atoms with Crippen molar-refractivity contribution >= 4 is 63.3 Å². The van der Waals surface area contributed by atoms with E-state index in [4.69, 9.17) is 0 Å². The van der Waals surface area contributed by atoms with E-state index in [9.17, 15) is 25.9 Å². The molecule has 8 N–H and O–H groups in total. The van der Waals surface area contributed by atoms with Crippen molar-refractivity contribution in [3.8, 4) is 0 Å². The fraction of sp³-hybridized carbons (Fsp3) is 0.222. The highest BCUT2D eigenvalue weighted by molar-refractivity contribution is 7.86. The van der Waals surface area contributed by atoms with Gasteiger partial charge in [-0.1, -0.05) is 22.7 Å². The highest BCUT2D eigenvalue weighted by Crippen LogP contribution is 2.23. The molecule has 2 aromatic heterocycles. The van der Waals surface area contributed by atoms with Crippen molar-refractivity contribution in [2.45, 2.75) is 36.7 Å². The van der Waals surface area contributed by atoms with Crippen molar-refractivity contribution in [1.82, 2.24) is 21.4 Å². The monoisotopic (exact) mass is 548 g/mol. The second-order valence-corrected chi connectivity index (χ2v) is 11.4. The van der Waals surface area contributed by atoms with Crippen LogP contribution >= 0.6 is 22.7 Å². The lowest BCUT2D eigenvalue weighted by Crippen LogP contribution is -2.16. The van der Waals surface area contributed by atoms with Crippen molar-refractivity contribution in [3.05, 3.63) is 46.0 Å². The van der Waals surface area contributed by atoms with E-state index >= 15 is 0 Å². The molecule has 16 heteroatoms. The molecular formula is C18H24N6O6S4. The van der Waals surface area contributed by atoms with E-state index in [0.717, 1.165) is 11.0 Å². The molecule has 12 nitrogen and oxygen atoms in total. The van der Waals surface area contributed by atoms with Crippen LogP contribution in [0, 0.1) is 0 Å². The molecule has 0 radical (unpaired) electrons. The lowest BCUT2D eigenvalue weighted by molar-refractivity contribution is 0.461. The second kappa shape index (κ2) is 10.0. The summed E-state index contributed by atoms with van der Waals surface area (Å²) in [6, 6.07) is 8.31. The molecule has 0 unspecified atom stereocenters. The van der Waals surface area contributed by atoms with E-state index in [2.05, 4.69) is 10.2 Å². The molecule has 186 valence electrons. The molecule has 0 fully saturated rings. The number of nitrogens with zero attached hydrogens (tertiary/aromatic N) is 4. The summed E-state index contributed by atoms with van der Waals surface area (Å²) in [6.07, 6.45) is 0. The van der Waals surface area contributed by atoms with Crippen LogP contribution < -0.4 is 21.9 Å². The highest BCUT2D eigenvalue weighted by Gasteiger charge is 2.10. The van der Waals surface area contributed by atoms with Crippen molar-refractivity contribution in [3.63, 3.8) is 0 Å². The van der Waals surface area contributed by atoms with Crippen molar-refractivity contribution in [1.29, 1.82) is 0 Å². The molecule has 2 aromatic carbocycles. The Hall–Kier alpha value is -2.44. The molecule has 34 heavy (non-hydrogen) atoms. The smallest absolute Gasteiger partial charge is 0.211 e. The molecule has 4 rings (SSSR count). The molecule has 2 heterocycles. The maximum atomic E-state index is 11.3. The lowest BCUT2D eigenvalue weighted by atomic mass is 10.3. The zero-order chi connectivity index (χ0) is 23.3. The van der Waals surface area contributed by atoms with Crippen LogP contribution in [0.2, 0.25) is 0 Å². The predicted octanol–water partition coefficient (Wildman–Crippen LogP) is 2.74. The van der Waals surface area contributed by atoms with Crippen LogP contribution in [0.3, 0.4) is 0 Å². The van der Waals surface area contributed by atoms with Crippen LogP contribution in [0.15, 0.2) is 56.4 Å². The first-order chi connectivity index (χ1) is 15.0. The quantitative estimate of drug-likeness (QED) is 0.281. The molecule has 4 aromatic rings. The maximum Gasteiger partial charge on any atom is 0.211 e. The minimum atomic E-state index is -4.57. The number of aryl methyl sites for hydroxylation is 2. The van der Waals surface area contributed by atoms with Gasteiger partial charge < -0.3 is 30.5 Å². The minimum absolute atomic E-state index is 0. The fourth-order valence-corrected chi connectivity index (χ4v) is 6.58. The third-order valence-electron chi connectivity index (χ3n) is 4.74. The molecule has 0 saturated carbocycles. The summed E-state index contributed by atoms with van der Waals surface area (Å²) in [5, 5.41) is 8.68. The van der Waals surface area contributed by atoms with Gasteiger partial charge in [0, 0.05) is 13.1 Å². The number of thiazole rings is 2. The first kappa shape index (κ1) is 27.8. The van der Waals surface area contributed by atoms with Crippen molar-refractivity contribution in [2.75, 3.05) is 0 Å². The Kier molecular flexibility index (Phi) is 8.21. The molecular weight excluding hydrogens is 525 g/mol. The van der Waals surface area contributed by atoms with Crippen molar-refractivity contribution < 1.29 is 25.9 Å². The second-order valence-electron chi connectivity index (χ2n) is 6.63. The van der Waals surface area contributed by atoms with Gasteiger partial charge in [0.05, 0.1) is 30.2 Å². The summed E-state index contributed by atoms with van der Waals surface area (Å²) in [6.45, 7) is 4.89. The van der Waals surface area contributed by atoms with Gasteiger partial charge in [0.15, 0.2) is 0 Å². The Morgan fingerprint density at radius 1 is 0.735 bits per heavy atom. The van der Waals surface area contributed by atoms with Gasteiger partial charge in [0.2, 0.25) is 9.60 Å². The highest BCUT2D eigenvalue weighted by atomic mass is 32.2. The average Bonchev–Trinajstić information content (AvgIpc) is 3.26. The lowest BCUT2D eigenvalue weighted by Gasteiger charge is -2.06. The molecule has 0 aliphatic rings. The van der Waals surface area contributed by atoms with Crippen LogP contribution in [-0.4, -0.2) is 35.1 Å². The molecule has 0 atom stereocenters. The topological polar surface area (TPSA) is 222 Å². The van der Waals surface area contributed by atoms with E-state index in [-0.39, 0.29) is 22.1 Å². The van der Waals surface area contributed by atoms with Crippen LogP contribution in [0.1, 0.15) is 13.8 Å². The van der Waals surface area contributed by atoms with E-state index in [1.807, 2.05) is 23.0 Å². The number of benzene rings is 2.